The lowest BCUT2D eigenvalue weighted by Crippen LogP contribution is -2.27. The summed E-state index contributed by atoms with van der Waals surface area (Å²) in [5.41, 5.74) is -0.538. The number of hydrogen-bond acceptors (Lipinski definition) is 5. The quantitative estimate of drug-likeness (QED) is 0.505. The number of esters is 1. The van der Waals surface area contributed by atoms with Gasteiger partial charge in [0.1, 0.15) is 5.60 Å². The van der Waals surface area contributed by atoms with E-state index in [1.165, 1.54) is 24.3 Å². The monoisotopic (exact) mass is 253 g/mol. The third kappa shape index (κ3) is 3.81. The van der Waals surface area contributed by atoms with Crippen LogP contribution in [0.3, 0.4) is 0 Å². The largest absolute Gasteiger partial charge is 0.458 e. The van der Waals surface area contributed by atoms with Gasteiger partial charge in [0.05, 0.1) is 4.92 Å². The van der Waals surface area contributed by atoms with Gasteiger partial charge in [0.25, 0.3) is 5.69 Å². The molecule has 0 spiro atoms. The number of non-ortho nitro benzene ring substituents is 1. The van der Waals surface area contributed by atoms with E-state index in [4.69, 9.17) is 4.74 Å². The molecule has 0 bridgehead atoms. The molecule has 0 saturated heterocycles. The van der Waals surface area contributed by atoms with Crippen LogP contribution in [0, 0.1) is 10.1 Å². The number of rotatable bonds is 3. The molecule has 0 aromatic heterocycles. The number of aliphatic hydroxyl groups is 1. The molecular weight excluding hydrogens is 238 g/mol. The maximum atomic E-state index is 11.6. The first-order chi connectivity index (χ1) is 8.20. The van der Waals surface area contributed by atoms with Gasteiger partial charge >= 0.3 is 5.97 Å². The summed E-state index contributed by atoms with van der Waals surface area (Å²) in [4.78, 5) is 21.5. The van der Waals surface area contributed by atoms with Gasteiger partial charge in [0, 0.05) is 12.1 Å². The van der Waals surface area contributed by atoms with E-state index in [0.717, 1.165) is 0 Å². The van der Waals surface area contributed by atoms with Crippen LogP contribution >= 0.6 is 0 Å². The lowest BCUT2D eigenvalue weighted by Gasteiger charge is -2.21. The molecule has 1 aromatic rings. The average Bonchev–Trinajstić information content (AvgIpc) is 2.26. The van der Waals surface area contributed by atoms with E-state index < -0.39 is 22.6 Å². The van der Waals surface area contributed by atoms with Crippen LogP contribution in [0.15, 0.2) is 24.3 Å². The summed E-state index contributed by atoms with van der Waals surface area (Å²) in [6, 6.07) is 5.10. The highest BCUT2D eigenvalue weighted by Gasteiger charge is 2.24. The predicted octanol–water partition coefficient (Wildman–Crippen LogP) is 1.97. The van der Waals surface area contributed by atoms with E-state index >= 15 is 0 Å². The number of hydrogen-bond donors (Lipinski definition) is 1. The van der Waals surface area contributed by atoms with Gasteiger partial charge < -0.3 is 9.84 Å². The third-order valence-corrected chi connectivity index (χ3v) is 2.05. The lowest BCUT2D eigenvalue weighted by molar-refractivity contribution is -0.384. The second-order valence-corrected chi connectivity index (χ2v) is 4.78. The normalized spacial score (nSPS) is 12.9. The number of ether oxygens (including phenoxy) is 1. The van der Waals surface area contributed by atoms with Gasteiger partial charge in [0.2, 0.25) is 0 Å². The number of nitro groups is 1. The van der Waals surface area contributed by atoms with Gasteiger partial charge in [-0.15, -0.1) is 0 Å². The first-order valence-electron chi connectivity index (χ1n) is 5.36. The molecule has 0 amide bonds. The number of nitrogens with zero attached hydrogens (tertiary/aromatic N) is 1. The number of carbonyl (C=O) groups excluding carboxylic acids is 1. The molecular formula is C12H15NO5. The molecule has 0 saturated carbocycles. The van der Waals surface area contributed by atoms with Crippen LogP contribution < -0.4 is 0 Å². The Morgan fingerprint density at radius 3 is 2.22 bits per heavy atom. The van der Waals surface area contributed by atoms with Crippen LogP contribution in [0.4, 0.5) is 5.69 Å². The summed E-state index contributed by atoms with van der Waals surface area (Å²) in [7, 11) is 0. The summed E-state index contributed by atoms with van der Waals surface area (Å²) in [6.07, 6.45) is -1.44. The molecule has 0 unspecified atom stereocenters. The van der Waals surface area contributed by atoms with E-state index in [1.807, 2.05) is 0 Å². The van der Waals surface area contributed by atoms with Crippen LogP contribution in [0.5, 0.6) is 0 Å². The Morgan fingerprint density at radius 2 is 1.83 bits per heavy atom. The van der Waals surface area contributed by atoms with Gasteiger partial charge in [-0.05, 0) is 38.5 Å². The molecule has 18 heavy (non-hydrogen) atoms. The number of nitro benzene ring substituents is 1. The summed E-state index contributed by atoms with van der Waals surface area (Å²) < 4.78 is 5.01. The predicted molar refractivity (Wildman–Crippen MR) is 63.9 cm³/mol. The molecule has 6 heteroatoms. The van der Waals surface area contributed by atoms with E-state index in [2.05, 4.69) is 0 Å². The van der Waals surface area contributed by atoms with Crippen molar-refractivity contribution in [3.8, 4) is 0 Å². The van der Waals surface area contributed by atoms with Crippen molar-refractivity contribution in [3.63, 3.8) is 0 Å². The van der Waals surface area contributed by atoms with Crippen molar-refractivity contribution < 1.29 is 19.6 Å². The molecule has 1 rings (SSSR count). The minimum absolute atomic E-state index is 0.102. The van der Waals surface area contributed by atoms with Crippen molar-refractivity contribution in [2.45, 2.75) is 32.5 Å². The fourth-order valence-electron chi connectivity index (χ4n) is 1.27. The summed E-state index contributed by atoms with van der Waals surface area (Å²) >= 11 is 0. The standard InChI is InChI=1S/C12H15NO5/c1-12(2,3)18-11(15)10(14)8-4-6-9(7-5-8)13(16)17/h4-7,10,14H,1-3H3/t10-/m0/s1. The molecule has 1 aromatic carbocycles. The third-order valence-electron chi connectivity index (χ3n) is 2.05. The highest BCUT2D eigenvalue weighted by molar-refractivity contribution is 5.76. The molecule has 0 aliphatic rings. The molecule has 0 heterocycles. The minimum Gasteiger partial charge on any atom is -0.458 e. The van der Waals surface area contributed by atoms with E-state index in [0.29, 0.717) is 0 Å². The highest BCUT2D eigenvalue weighted by Crippen LogP contribution is 2.20. The number of benzene rings is 1. The molecule has 6 nitrogen and oxygen atoms in total. The van der Waals surface area contributed by atoms with E-state index in [-0.39, 0.29) is 11.3 Å². The molecule has 0 radical (unpaired) electrons. The Balaban J connectivity index is 2.81. The zero-order valence-corrected chi connectivity index (χ0v) is 10.4. The fourth-order valence-corrected chi connectivity index (χ4v) is 1.27. The average molecular weight is 253 g/mol. The fraction of sp³-hybridized carbons (Fsp3) is 0.417. The van der Waals surface area contributed by atoms with Crippen molar-refractivity contribution in [3.05, 3.63) is 39.9 Å². The van der Waals surface area contributed by atoms with Gasteiger partial charge in [-0.2, -0.15) is 0 Å². The van der Waals surface area contributed by atoms with Crippen LogP contribution in [-0.2, 0) is 9.53 Å². The van der Waals surface area contributed by atoms with Crippen molar-refractivity contribution in [1.29, 1.82) is 0 Å². The van der Waals surface area contributed by atoms with E-state index in [1.54, 1.807) is 20.8 Å². The second kappa shape index (κ2) is 5.14. The maximum Gasteiger partial charge on any atom is 0.340 e. The number of carbonyl (C=O) groups is 1. The highest BCUT2D eigenvalue weighted by atomic mass is 16.6. The zero-order valence-electron chi connectivity index (χ0n) is 10.4. The SMILES string of the molecule is CC(C)(C)OC(=O)[C@@H](O)c1ccc([N+](=O)[O-])cc1. The summed E-state index contributed by atoms with van der Waals surface area (Å²) in [5, 5.41) is 20.2. The first-order valence-corrected chi connectivity index (χ1v) is 5.36. The molecule has 0 fully saturated rings. The maximum absolute atomic E-state index is 11.6. The Morgan fingerprint density at radius 1 is 1.33 bits per heavy atom. The van der Waals surface area contributed by atoms with Gasteiger partial charge in [0.15, 0.2) is 6.10 Å². The molecule has 0 aliphatic carbocycles. The zero-order chi connectivity index (χ0) is 13.9. The molecule has 1 atom stereocenters. The van der Waals surface area contributed by atoms with Crippen molar-refractivity contribution >= 4 is 11.7 Å². The van der Waals surface area contributed by atoms with Crippen LogP contribution in [0.25, 0.3) is 0 Å². The minimum atomic E-state index is -1.44. The smallest absolute Gasteiger partial charge is 0.340 e. The van der Waals surface area contributed by atoms with Crippen molar-refractivity contribution in [2.75, 3.05) is 0 Å². The van der Waals surface area contributed by atoms with Gasteiger partial charge in [-0.25, -0.2) is 4.79 Å². The lowest BCUT2D eigenvalue weighted by atomic mass is 10.1. The molecule has 98 valence electrons. The summed E-state index contributed by atoms with van der Waals surface area (Å²) in [5.74, 6) is -0.781. The second-order valence-electron chi connectivity index (χ2n) is 4.78. The van der Waals surface area contributed by atoms with Gasteiger partial charge in [-0.3, -0.25) is 10.1 Å². The Hall–Kier alpha value is -1.95. The van der Waals surface area contributed by atoms with Crippen LogP contribution in [0.2, 0.25) is 0 Å². The van der Waals surface area contributed by atoms with E-state index in [9.17, 15) is 20.0 Å². The Labute approximate surface area is 104 Å². The molecule has 1 N–H and O–H groups in total. The van der Waals surface area contributed by atoms with Crippen LogP contribution in [-0.4, -0.2) is 21.6 Å². The molecule has 0 aliphatic heterocycles. The first kappa shape index (κ1) is 14.1. The Bertz CT molecular complexity index is 447. The van der Waals surface area contributed by atoms with Crippen molar-refractivity contribution in [1.82, 2.24) is 0 Å². The summed E-state index contributed by atoms with van der Waals surface area (Å²) in [6.45, 7) is 5.06. The number of aliphatic hydroxyl groups excluding tert-OH is 1. The van der Waals surface area contributed by atoms with Gasteiger partial charge in [-0.1, -0.05) is 0 Å². The Kier molecular flexibility index (Phi) is 4.03. The van der Waals surface area contributed by atoms with Crippen molar-refractivity contribution in [2.24, 2.45) is 0 Å². The topological polar surface area (TPSA) is 89.7 Å². The van der Waals surface area contributed by atoms with Crippen LogP contribution in [0.1, 0.15) is 32.4 Å².